The minimum Gasteiger partial charge on any atom is -0.468 e. The third-order valence-corrected chi connectivity index (χ3v) is 6.31. The third kappa shape index (κ3) is 4.03. The zero-order valence-electron chi connectivity index (χ0n) is 13.3. The molecule has 0 fully saturated rings. The molecular formula is C17H18BrNO4S. The molecule has 0 spiro atoms. The molecule has 5 nitrogen and oxygen atoms in total. The Hall–Kier alpha value is -1.70. The first-order chi connectivity index (χ1) is 11.4. The highest BCUT2D eigenvalue weighted by molar-refractivity contribution is 9.10. The summed E-state index contributed by atoms with van der Waals surface area (Å²) in [6, 6.07) is 14.4. The topological polar surface area (TPSA) is 63.7 Å². The number of esters is 1. The molecular weight excluding hydrogens is 394 g/mol. The lowest BCUT2D eigenvalue weighted by Crippen LogP contribution is -2.43. The van der Waals surface area contributed by atoms with Crippen LogP contribution in [0.2, 0.25) is 0 Å². The van der Waals surface area contributed by atoms with Gasteiger partial charge in [-0.1, -0.05) is 52.3 Å². The number of hydrogen-bond acceptors (Lipinski definition) is 4. The van der Waals surface area contributed by atoms with Crippen molar-refractivity contribution in [3.8, 4) is 0 Å². The molecule has 0 saturated heterocycles. The lowest BCUT2D eigenvalue weighted by atomic mass is 10.2. The number of methoxy groups -OCH3 is 1. The molecule has 0 aliphatic carbocycles. The fourth-order valence-corrected chi connectivity index (χ4v) is 4.23. The molecule has 7 heteroatoms. The number of carbonyl (C=O) groups excluding carboxylic acids is 1. The number of nitrogens with zero attached hydrogens (tertiary/aromatic N) is 1. The number of halogens is 1. The molecule has 0 radical (unpaired) electrons. The van der Waals surface area contributed by atoms with Crippen molar-refractivity contribution in [1.29, 1.82) is 0 Å². The quantitative estimate of drug-likeness (QED) is 0.684. The fraction of sp³-hybridized carbons (Fsp3) is 0.235. The van der Waals surface area contributed by atoms with Crippen molar-refractivity contribution < 1.29 is 17.9 Å². The fourth-order valence-electron chi connectivity index (χ4n) is 2.24. The predicted molar refractivity (Wildman–Crippen MR) is 94.8 cm³/mol. The van der Waals surface area contributed by atoms with E-state index in [1.54, 1.807) is 18.2 Å². The maximum atomic E-state index is 13.0. The zero-order chi connectivity index (χ0) is 17.7. The number of ether oxygens (including phenoxy) is 1. The third-order valence-electron chi connectivity index (χ3n) is 3.61. The SMILES string of the molecule is COC(=O)[C@H](C)N(Cc1ccccc1Br)S(=O)(=O)c1ccccc1. The lowest BCUT2D eigenvalue weighted by Gasteiger charge is -2.27. The van der Waals surface area contributed by atoms with Gasteiger partial charge in [-0.05, 0) is 30.7 Å². The highest BCUT2D eigenvalue weighted by atomic mass is 79.9. The van der Waals surface area contributed by atoms with Crippen LogP contribution in [-0.4, -0.2) is 31.8 Å². The summed E-state index contributed by atoms with van der Waals surface area (Å²) in [6.07, 6.45) is 0. The van der Waals surface area contributed by atoms with Gasteiger partial charge >= 0.3 is 5.97 Å². The number of carbonyl (C=O) groups is 1. The van der Waals surface area contributed by atoms with Crippen LogP contribution in [0.3, 0.4) is 0 Å². The molecule has 0 aliphatic heterocycles. The minimum absolute atomic E-state index is 0.0505. The van der Waals surface area contributed by atoms with Gasteiger partial charge in [-0.2, -0.15) is 4.31 Å². The number of sulfonamides is 1. The van der Waals surface area contributed by atoms with Gasteiger partial charge in [-0.15, -0.1) is 0 Å². The molecule has 0 N–H and O–H groups in total. The summed E-state index contributed by atoms with van der Waals surface area (Å²) in [5.74, 6) is -0.610. The molecule has 1 atom stereocenters. The van der Waals surface area contributed by atoms with Crippen LogP contribution in [0.1, 0.15) is 12.5 Å². The van der Waals surface area contributed by atoms with Crippen LogP contribution in [0.5, 0.6) is 0 Å². The van der Waals surface area contributed by atoms with E-state index in [4.69, 9.17) is 4.74 Å². The van der Waals surface area contributed by atoms with Crippen molar-refractivity contribution in [2.45, 2.75) is 24.4 Å². The van der Waals surface area contributed by atoms with Crippen molar-refractivity contribution in [3.05, 3.63) is 64.6 Å². The summed E-state index contributed by atoms with van der Waals surface area (Å²) in [5.41, 5.74) is 0.757. The van der Waals surface area contributed by atoms with Gasteiger partial charge in [0.05, 0.1) is 12.0 Å². The van der Waals surface area contributed by atoms with Crippen LogP contribution in [0.25, 0.3) is 0 Å². The summed E-state index contributed by atoms with van der Waals surface area (Å²) < 4.78 is 32.7. The molecule has 0 heterocycles. The van der Waals surface area contributed by atoms with E-state index in [1.807, 2.05) is 24.3 Å². The Morgan fingerprint density at radius 2 is 1.71 bits per heavy atom. The van der Waals surface area contributed by atoms with Crippen LogP contribution in [0, 0.1) is 0 Å². The van der Waals surface area contributed by atoms with Gasteiger partial charge in [0.1, 0.15) is 6.04 Å². The van der Waals surface area contributed by atoms with E-state index in [-0.39, 0.29) is 11.4 Å². The van der Waals surface area contributed by atoms with Gasteiger partial charge in [-0.25, -0.2) is 8.42 Å². The number of rotatable bonds is 6. The number of benzene rings is 2. The average Bonchev–Trinajstić information content (AvgIpc) is 2.60. The van der Waals surface area contributed by atoms with Gasteiger partial charge < -0.3 is 4.74 Å². The van der Waals surface area contributed by atoms with Crippen LogP contribution in [0.4, 0.5) is 0 Å². The maximum Gasteiger partial charge on any atom is 0.323 e. The number of hydrogen-bond donors (Lipinski definition) is 0. The van der Waals surface area contributed by atoms with Gasteiger partial charge in [-0.3, -0.25) is 4.79 Å². The van der Waals surface area contributed by atoms with Gasteiger partial charge in [0.15, 0.2) is 0 Å². The van der Waals surface area contributed by atoms with E-state index in [1.165, 1.54) is 26.2 Å². The summed E-state index contributed by atoms with van der Waals surface area (Å²) in [6.45, 7) is 1.57. The van der Waals surface area contributed by atoms with Crippen LogP contribution < -0.4 is 0 Å². The van der Waals surface area contributed by atoms with E-state index < -0.39 is 22.0 Å². The first kappa shape index (κ1) is 18.6. The first-order valence-electron chi connectivity index (χ1n) is 7.26. The molecule has 0 aromatic heterocycles. The zero-order valence-corrected chi connectivity index (χ0v) is 15.7. The molecule has 0 saturated carbocycles. The molecule has 128 valence electrons. The van der Waals surface area contributed by atoms with Gasteiger partial charge in [0.25, 0.3) is 0 Å². The molecule has 0 aliphatic rings. The summed E-state index contributed by atoms with van der Waals surface area (Å²) in [7, 11) is -2.62. The molecule has 2 aromatic carbocycles. The van der Waals surface area contributed by atoms with Gasteiger partial charge in [0.2, 0.25) is 10.0 Å². The Kier molecular flexibility index (Phi) is 6.15. The Balaban J connectivity index is 2.47. The predicted octanol–water partition coefficient (Wildman–Crippen LogP) is 3.20. The second-order valence-electron chi connectivity index (χ2n) is 5.15. The maximum absolute atomic E-state index is 13.0. The lowest BCUT2D eigenvalue weighted by molar-refractivity contribution is -0.144. The van der Waals surface area contributed by atoms with E-state index in [0.717, 1.165) is 14.3 Å². The van der Waals surface area contributed by atoms with Crippen molar-refractivity contribution in [3.63, 3.8) is 0 Å². The summed E-state index contributed by atoms with van der Waals surface area (Å²) in [4.78, 5) is 12.1. The Bertz CT molecular complexity index is 808. The molecule has 2 rings (SSSR count). The molecule has 0 bridgehead atoms. The van der Waals surface area contributed by atoms with E-state index in [0.29, 0.717) is 0 Å². The van der Waals surface area contributed by atoms with Crippen LogP contribution in [-0.2, 0) is 26.1 Å². The second kappa shape index (κ2) is 7.92. The van der Waals surface area contributed by atoms with Crippen molar-refractivity contribution in [2.24, 2.45) is 0 Å². The Morgan fingerprint density at radius 3 is 2.29 bits per heavy atom. The highest BCUT2D eigenvalue weighted by Gasteiger charge is 2.34. The van der Waals surface area contributed by atoms with E-state index >= 15 is 0 Å². The van der Waals surface area contributed by atoms with Crippen LogP contribution in [0.15, 0.2) is 64.0 Å². The van der Waals surface area contributed by atoms with Crippen molar-refractivity contribution in [2.75, 3.05) is 7.11 Å². The minimum atomic E-state index is -3.86. The average molecular weight is 412 g/mol. The second-order valence-corrected chi connectivity index (χ2v) is 7.90. The van der Waals surface area contributed by atoms with Crippen molar-refractivity contribution in [1.82, 2.24) is 4.31 Å². The Morgan fingerprint density at radius 1 is 1.12 bits per heavy atom. The van der Waals surface area contributed by atoms with Crippen molar-refractivity contribution >= 4 is 31.9 Å². The molecule has 0 amide bonds. The summed E-state index contributed by atoms with van der Waals surface area (Å²) >= 11 is 3.41. The van der Waals surface area contributed by atoms with E-state index in [9.17, 15) is 13.2 Å². The highest BCUT2D eigenvalue weighted by Crippen LogP contribution is 2.25. The van der Waals surface area contributed by atoms with Crippen LogP contribution >= 0.6 is 15.9 Å². The molecule has 2 aromatic rings. The Labute approximate surface area is 150 Å². The normalized spacial score (nSPS) is 12.8. The monoisotopic (exact) mass is 411 g/mol. The molecule has 24 heavy (non-hydrogen) atoms. The first-order valence-corrected chi connectivity index (χ1v) is 9.49. The largest absolute Gasteiger partial charge is 0.468 e. The van der Waals surface area contributed by atoms with Gasteiger partial charge in [0, 0.05) is 11.0 Å². The van der Waals surface area contributed by atoms with E-state index in [2.05, 4.69) is 15.9 Å². The standard InChI is InChI=1S/C17H18BrNO4S/c1-13(17(20)23-2)19(12-14-8-6-7-11-16(14)18)24(21,22)15-9-4-3-5-10-15/h3-11,13H,12H2,1-2H3/t13-/m0/s1. The summed E-state index contributed by atoms with van der Waals surface area (Å²) in [5, 5.41) is 0. The smallest absolute Gasteiger partial charge is 0.323 e. The molecule has 0 unspecified atom stereocenters.